The van der Waals surface area contributed by atoms with Crippen molar-refractivity contribution >= 4 is 21.6 Å². The van der Waals surface area contributed by atoms with Crippen molar-refractivity contribution in [2.24, 2.45) is 5.92 Å². The fourth-order valence-corrected chi connectivity index (χ4v) is 6.06. The van der Waals surface area contributed by atoms with Gasteiger partial charge in [0.15, 0.2) is 5.76 Å². The van der Waals surface area contributed by atoms with Crippen LogP contribution in [-0.2, 0) is 14.8 Å². The molecule has 5 rings (SSSR count). The van der Waals surface area contributed by atoms with Crippen LogP contribution in [0.2, 0.25) is 0 Å². The van der Waals surface area contributed by atoms with E-state index in [1.54, 1.807) is 41.4 Å². The second-order valence-electron chi connectivity index (χ2n) is 8.55. The predicted molar refractivity (Wildman–Crippen MR) is 123 cm³/mol. The van der Waals surface area contributed by atoms with Crippen molar-refractivity contribution in [3.63, 3.8) is 0 Å². The van der Waals surface area contributed by atoms with Gasteiger partial charge in [-0.1, -0.05) is 12.1 Å². The summed E-state index contributed by atoms with van der Waals surface area (Å²) < 4.78 is 47.4. The number of piperidine rings is 1. The number of aromatic nitrogens is 2. The van der Waals surface area contributed by atoms with E-state index in [2.05, 4.69) is 10.2 Å². The van der Waals surface area contributed by atoms with Gasteiger partial charge in [-0.2, -0.15) is 9.40 Å². The van der Waals surface area contributed by atoms with Crippen molar-refractivity contribution in [1.82, 2.24) is 19.4 Å². The minimum Gasteiger partial charge on any atom is -0.442 e. The van der Waals surface area contributed by atoms with Gasteiger partial charge >= 0.3 is 0 Å². The summed E-state index contributed by atoms with van der Waals surface area (Å²) in [4.78, 5) is 16.9. The molecule has 2 aliphatic heterocycles. The van der Waals surface area contributed by atoms with Crippen LogP contribution in [-0.4, -0.2) is 73.0 Å². The summed E-state index contributed by atoms with van der Waals surface area (Å²) in [6.07, 6.45) is 2.79. The number of amides is 1. The van der Waals surface area contributed by atoms with E-state index in [4.69, 9.17) is 4.42 Å². The summed E-state index contributed by atoms with van der Waals surface area (Å²) in [5, 5.41) is 6.45. The number of aromatic amines is 1. The Kier molecular flexibility index (Phi) is 6.13. The third kappa shape index (κ3) is 4.32. The van der Waals surface area contributed by atoms with Gasteiger partial charge in [0, 0.05) is 45.5 Å². The van der Waals surface area contributed by atoms with E-state index in [1.165, 1.54) is 16.4 Å². The number of H-pyrrole nitrogens is 1. The van der Waals surface area contributed by atoms with Crippen molar-refractivity contribution in [2.75, 3.05) is 44.2 Å². The van der Waals surface area contributed by atoms with Gasteiger partial charge in [-0.3, -0.25) is 9.89 Å². The number of rotatable bonds is 5. The number of benzene rings is 1. The Labute approximate surface area is 197 Å². The number of sulfonamides is 1. The smallest absolute Gasteiger partial charge is 0.276 e. The van der Waals surface area contributed by atoms with Crippen molar-refractivity contribution in [3.8, 4) is 11.5 Å². The molecule has 11 heteroatoms. The second-order valence-corrected chi connectivity index (χ2v) is 10.4. The molecule has 0 saturated carbocycles. The number of nitrogens with zero attached hydrogens (tertiary/aromatic N) is 4. The van der Waals surface area contributed by atoms with Crippen LogP contribution in [0.3, 0.4) is 0 Å². The van der Waals surface area contributed by atoms with E-state index in [0.717, 1.165) is 0 Å². The molecule has 1 amide bonds. The maximum Gasteiger partial charge on any atom is 0.276 e. The first-order valence-corrected chi connectivity index (χ1v) is 12.8. The molecule has 1 N–H and O–H groups in total. The van der Waals surface area contributed by atoms with Crippen molar-refractivity contribution in [2.45, 2.75) is 17.9 Å². The fraction of sp³-hybridized carbons (Fsp3) is 0.391. The molecule has 0 spiro atoms. The van der Waals surface area contributed by atoms with Gasteiger partial charge in [-0.25, -0.2) is 12.8 Å². The summed E-state index contributed by atoms with van der Waals surface area (Å²) in [6.45, 7) is 2.47. The zero-order valence-corrected chi connectivity index (χ0v) is 19.4. The summed E-state index contributed by atoms with van der Waals surface area (Å²) in [6, 6.07) is 11.3. The Morgan fingerprint density at radius 1 is 1.06 bits per heavy atom. The first-order chi connectivity index (χ1) is 16.4. The van der Waals surface area contributed by atoms with Crippen LogP contribution in [0.5, 0.6) is 0 Å². The minimum absolute atomic E-state index is 0.0503. The van der Waals surface area contributed by atoms with Crippen LogP contribution in [0.15, 0.2) is 58.2 Å². The van der Waals surface area contributed by atoms with E-state index in [0.29, 0.717) is 62.7 Å². The monoisotopic (exact) mass is 487 g/mol. The highest BCUT2D eigenvalue weighted by molar-refractivity contribution is 7.89. The van der Waals surface area contributed by atoms with E-state index < -0.39 is 15.9 Å². The molecule has 2 saturated heterocycles. The number of para-hydroxylation sites is 1. The Hall–Kier alpha value is -3.18. The molecule has 4 heterocycles. The molecule has 0 aliphatic carbocycles. The highest BCUT2D eigenvalue weighted by Crippen LogP contribution is 2.29. The third-order valence-corrected chi connectivity index (χ3v) is 8.20. The molecule has 2 aliphatic rings. The average molecular weight is 488 g/mol. The zero-order valence-electron chi connectivity index (χ0n) is 18.6. The van der Waals surface area contributed by atoms with Crippen LogP contribution in [0.4, 0.5) is 10.1 Å². The number of carbonyl (C=O) groups is 1. The number of carbonyl (C=O) groups excluding carboxylic acids is 1. The van der Waals surface area contributed by atoms with Crippen LogP contribution < -0.4 is 4.90 Å². The van der Waals surface area contributed by atoms with Crippen molar-refractivity contribution in [3.05, 3.63) is 54.5 Å². The standard InChI is InChI=1S/C23H26FN5O4S/c24-18-5-1-2-6-20(18)27-12-14-28(15-13-27)23(30)17-4-3-11-29(16-17)34(31,32)22-8-7-21(33-22)19-9-10-25-26-19/h1-2,5-10,17H,3-4,11-16H2,(H,25,26). The fourth-order valence-electron chi connectivity index (χ4n) is 4.62. The lowest BCUT2D eigenvalue weighted by molar-refractivity contribution is -0.137. The molecule has 0 bridgehead atoms. The SMILES string of the molecule is O=C(C1CCCN(S(=O)(=O)c2ccc(-c3ccn[nH]3)o2)C1)N1CCN(c2ccccc2F)CC1. The van der Waals surface area contributed by atoms with Crippen molar-refractivity contribution < 1.29 is 22.0 Å². The van der Waals surface area contributed by atoms with Gasteiger partial charge in [0.2, 0.25) is 11.0 Å². The van der Waals surface area contributed by atoms with Gasteiger partial charge in [0.05, 0.1) is 11.6 Å². The molecule has 180 valence electrons. The molecule has 1 unspecified atom stereocenters. The highest BCUT2D eigenvalue weighted by Gasteiger charge is 2.37. The van der Waals surface area contributed by atoms with Crippen LogP contribution in [0, 0.1) is 11.7 Å². The molecule has 2 aromatic heterocycles. The van der Waals surface area contributed by atoms with E-state index >= 15 is 0 Å². The van der Waals surface area contributed by atoms with Gasteiger partial charge in [-0.15, -0.1) is 0 Å². The number of furan rings is 1. The van der Waals surface area contributed by atoms with Crippen molar-refractivity contribution in [1.29, 1.82) is 0 Å². The molecule has 1 aromatic carbocycles. The summed E-state index contributed by atoms with van der Waals surface area (Å²) in [7, 11) is -3.87. The first kappa shape index (κ1) is 22.6. The molecule has 9 nitrogen and oxygen atoms in total. The lowest BCUT2D eigenvalue weighted by Gasteiger charge is -2.39. The molecule has 0 radical (unpaired) electrons. The molecular weight excluding hydrogens is 461 g/mol. The van der Waals surface area contributed by atoms with Gasteiger partial charge < -0.3 is 14.2 Å². The molecule has 1 atom stereocenters. The van der Waals surface area contributed by atoms with Crippen LogP contribution >= 0.6 is 0 Å². The summed E-state index contributed by atoms with van der Waals surface area (Å²) in [5.41, 5.74) is 1.13. The van der Waals surface area contributed by atoms with E-state index in [-0.39, 0.29) is 23.4 Å². The number of piperazine rings is 1. The van der Waals surface area contributed by atoms with Gasteiger partial charge in [0.25, 0.3) is 10.0 Å². The lowest BCUT2D eigenvalue weighted by atomic mass is 9.97. The van der Waals surface area contributed by atoms with Crippen LogP contribution in [0.1, 0.15) is 12.8 Å². The van der Waals surface area contributed by atoms with Crippen LogP contribution in [0.25, 0.3) is 11.5 Å². The number of hydrogen-bond donors (Lipinski definition) is 1. The predicted octanol–water partition coefficient (Wildman–Crippen LogP) is 2.56. The topological polar surface area (TPSA) is 103 Å². The minimum atomic E-state index is -3.87. The normalized spacial score (nSPS) is 20.0. The van der Waals surface area contributed by atoms with E-state index in [1.807, 2.05) is 4.90 Å². The van der Waals surface area contributed by atoms with E-state index in [9.17, 15) is 17.6 Å². The molecular formula is C23H26FN5O4S. The maximum absolute atomic E-state index is 14.1. The zero-order chi connectivity index (χ0) is 23.7. The summed E-state index contributed by atoms with van der Waals surface area (Å²) >= 11 is 0. The number of nitrogens with one attached hydrogen (secondary N) is 1. The first-order valence-electron chi connectivity index (χ1n) is 11.3. The maximum atomic E-state index is 14.1. The Balaban J connectivity index is 1.23. The highest BCUT2D eigenvalue weighted by atomic mass is 32.2. The molecule has 34 heavy (non-hydrogen) atoms. The van der Waals surface area contributed by atoms with Gasteiger partial charge in [0.1, 0.15) is 11.5 Å². The number of halogens is 1. The Bertz CT molecular complexity index is 1250. The second kappa shape index (κ2) is 9.22. The quantitative estimate of drug-likeness (QED) is 0.594. The largest absolute Gasteiger partial charge is 0.442 e. The summed E-state index contributed by atoms with van der Waals surface area (Å²) in [5.74, 6) is -0.353. The lowest BCUT2D eigenvalue weighted by Crippen LogP contribution is -2.53. The Morgan fingerprint density at radius 2 is 1.85 bits per heavy atom. The molecule has 3 aromatic rings. The third-order valence-electron chi connectivity index (χ3n) is 6.46. The molecule has 2 fully saturated rings. The average Bonchev–Trinajstić information content (AvgIpc) is 3.57. The van der Waals surface area contributed by atoms with Gasteiger partial charge in [-0.05, 0) is 43.2 Å². The number of anilines is 1. The Morgan fingerprint density at radius 3 is 2.59 bits per heavy atom. The number of hydrogen-bond acceptors (Lipinski definition) is 6.